The van der Waals surface area contributed by atoms with E-state index < -0.39 is 0 Å². The molecule has 0 heterocycles. The number of nitrogens with one attached hydrogen (secondary N) is 1. The third-order valence-corrected chi connectivity index (χ3v) is 5.32. The summed E-state index contributed by atoms with van der Waals surface area (Å²) in [5.74, 6) is 1.84. The third kappa shape index (κ3) is 3.96. The minimum Gasteiger partial charge on any atom is -0.396 e. The molecule has 2 saturated carbocycles. The van der Waals surface area contributed by atoms with E-state index in [1.807, 2.05) is 0 Å². The average Bonchev–Trinajstić information content (AvgIpc) is 2.42. The van der Waals surface area contributed by atoms with Crippen LogP contribution in [-0.4, -0.2) is 24.8 Å². The van der Waals surface area contributed by atoms with Crippen molar-refractivity contribution >= 4 is 0 Å². The summed E-state index contributed by atoms with van der Waals surface area (Å²) in [6.45, 7) is 4.97. The largest absolute Gasteiger partial charge is 0.396 e. The Morgan fingerprint density at radius 3 is 2.33 bits per heavy atom. The Morgan fingerprint density at radius 1 is 1.06 bits per heavy atom. The SMILES string of the molecule is CC1CCC(CNCC2(CO)CCCCC2)CC1. The maximum absolute atomic E-state index is 9.67. The molecule has 106 valence electrons. The van der Waals surface area contributed by atoms with Gasteiger partial charge in [0.1, 0.15) is 0 Å². The molecule has 2 fully saturated rings. The van der Waals surface area contributed by atoms with E-state index >= 15 is 0 Å². The summed E-state index contributed by atoms with van der Waals surface area (Å²) in [7, 11) is 0. The summed E-state index contributed by atoms with van der Waals surface area (Å²) < 4.78 is 0. The highest BCUT2D eigenvalue weighted by Crippen LogP contribution is 2.35. The fourth-order valence-electron chi connectivity index (χ4n) is 3.77. The topological polar surface area (TPSA) is 32.3 Å². The molecule has 0 aromatic rings. The van der Waals surface area contributed by atoms with Crippen LogP contribution in [0.1, 0.15) is 64.7 Å². The summed E-state index contributed by atoms with van der Waals surface area (Å²) in [5.41, 5.74) is 0.209. The fourth-order valence-corrected chi connectivity index (χ4v) is 3.77. The van der Waals surface area contributed by atoms with Crippen molar-refractivity contribution in [3.05, 3.63) is 0 Å². The first kappa shape index (κ1) is 14.3. The fraction of sp³-hybridized carbons (Fsp3) is 1.00. The lowest BCUT2D eigenvalue weighted by molar-refractivity contribution is 0.0795. The Bertz CT molecular complexity index is 227. The maximum Gasteiger partial charge on any atom is 0.0499 e. The predicted octanol–water partition coefficient (Wildman–Crippen LogP) is 3.35. The van der Waals surface area contributed by atoms with Gasteiger partial charge in [-0.15, -0.1) is 0 Å². The van der Waals surface area contributed by atoms with Crippen LogP contribution in [0.2, 0.25) is 0 Å². The molecule has 2 aliphatic rings. The standard InChI is InChI=1S/C16H31NO/c1-14-5-7-15(8-6-14)11-17-12-16(13-18)9-3-2-4-10-16/h14-15,17-18H,2-13H2,1H3. The second-order valence-corrected chi connectivity index (χ2v) is 6.98. The highest BCUT2D eigenvalue weighted by atomic mass is 16.3. The number of aliphatic hydroxyl groups excluding tert-OH is 1. The normalized spacial score (nSPS) is 32.3. The minimum absolute atomic E-state index is 0.209. The Morgan fingerprint density at radius 2 is 1.72 bits per heavy atom. The molecule has 2 rings (SSSR count). The van der Waals surface area contributed by atoms with Crippen LogP contribution in [0.25, 0.3) is 0 Å². The molecule has 0 unspecified atom stereocenters. The van der Waals surface area contributed by atoms with Crippen molar-refractivity contribution in [2.24, 2.45) is 17.3 Å². The Hall–Kier alpha value is -0.0800. The molecule has 18 heavy (non-hydrogen) atoms. The van der Waals surface area contributed by atoms with Gasteiger partial charge in [0.25, 0.3) is 0 Å². The molecule has 2 aliphatic carbocycles. The summed E-state index contributed by atoms with van der Waals surface area (Å²) in [4.78, 5) is 0. The van der Waals surface area contributed by atoms with Gasteiger partial charge in [-0.2, -0.15) is 0 Å². The van der Waals surface area contributed by atoms with Crippen LogP contribution in [0.15, 0.2) is 0 Å². The lowest BCUT2D eigenvalue weighted by atomic mass is 9.74. The van der Waals surface area contributed by atoms with Crippen molar-refractivity contribution in [3.8, 4) is 0 Å². The van der Waals surface area contributed by atoms with E-state index in [0.29, 0.717) is 6.61 Å². The molecule has 0 aromatic carbocycles. The first-order valence-corrected chi connectivity index (χ1v) is 8.06. The number of hydrogen-bond donors (Lipinski definition) is 2. The Balaban J connectivity index is 1.67. The van der Waals surface area contributed by atoms with Gasteiger partial charge < -0.3 is 10.4 Å². The zero-order valence-electron chi connectivity index (χ0n) is 12.1. The van der Waals surface area contributed by atoms with Crippen molar-refractivity contribution in [2.75, 3.05) is 19.7 Å². The molecule has 2 nitrogen and oxygen atoms in total. The van der Waals surface area contributed by atoms with Gasteiger partial charge in [-0.25, -0.2) is 0 Å². The van der Waals surface area contributed by atoms with E-state index in [1.165, 1.54) is 64.3 Å². The van der Waals surface area contributed by atoms with E-state index in [0.717, 1.165) is 18.4 Å². The van der Waals surface area contributed by atoms with Gasteiger partial charge in [-0.1, -0.05) is 39.0 Å². The molecule has 0 atom stereocenters. The van der Waals surface area contributed by atoms with Crippen LogP contribution >= 0.6 is 0 Å². The average molecular weight is 253 g/mol. The quantitative estimate of drug-likeness (QED) is 0.787. The molecule has 0 spiro atoms. The number of rotatable bonds is 5. The first-order chi connectivity index (χ1) is 8.74. The van der Waals surface area contributed by atoms with Crippen LogP contribution in [0.5, 0.6) is 0 Å². The van der Waals surface area contributed by atoms with Crippen molar-refractivity contribution in [1.82, 2.24) is 5.32 Å². The highest BCUT2D eigenvalue weighted by Gasteiger charge is 2.31. The lowest BCUT2D eigenvalue weighted by Gasteiger charge is -2.36. The smallest absolute Gasteiger partial charge is 0.0499 e. The second kappa shape index (κ2) is 6.91. The number of aliphatic hydroxyl groups is 1. The first-order valence-electron chi connectivity index (χ1n) is 8.06. The summed E-state index contributed by atoms with van der Waals surface area (Å²) in [5, 5.41) is 13.3. The van der Waals surface area contributed by atoms with Crippen molar-refractivity contribution < 1.29 is 5.11 Å². The van der Waals surface area contributed by atoms with Crippen LogP contribution in [-0.2, 0) is 0 Å². The molecular weight excluding hydrogens is 222 g/mol. The molecule has 0 bridgehead atoms. The third-order valence-electron chi connectivity index (χ3n) is 5.32. The lowest BCUT2D eigenvalue weighted by Crippen LogP contribution is -2.41. The maximum atomic E-state index is 9.67. The van der Waals surface area contributed by atoms with Gasteiger partial charge in [0.15, 0.2) is 0 Å². The van der Waals surface area contributed by atoms with E-state index in [1.54, 1.807) is 0 Å². The molecule has 2 heteroatoms. The summed E-state index contributed by atoms with van der Waals surface area (Å²) in [6, 6.07) is 0. The summed E-state index contributed by atoms with van der Waals surface area (Å²) >= 11 is 0. The van der Waals surface area contributed by atoms with Gasteiger partial charge >= 0.3 is 0 Å². The van der Waals surface area contributed by atoms with Crippen molar-refractivity contribution in [1.29, 1.82) is 0 Å². The van der Waals surface area contributed by atoms with E-state index in [9.17, 15) is 5.11 Å². The molecule has 0 aromatic heterocycles. The van der Waals surface area contributed by atoms with Gasteiger partial charge in [-0.3, -0.25) is 0 Å². The molecule has 0 radical (unpaired) electrons. The summed E-state index contributed by atoms with van der Waals surface area (Å²) in [6.07, 6.45) is 12.1. The Kier molecular flexibility index (Phi) is 5.50. The van der Waals surface area contributed by atoms with E-state index in [2.05, 4.69) is 12.2 Å². The van der Waals surface area contributed by atoms with Gasteiger partial charge in [-0.05, 0) is 44.1 Å². The van der Waals surface area contributed by atoms with E-state index in [-0.39, 0.29) is 5.41 Å². The molecular formula is C16H31NO. The number of hydrogen-bond acceptors (Lipinski definition) is 2. The van der Waals surface area contributed by atoms with Crippen LogP contribution in [0.3, 0.4) is 0 Å². The van der Waals surface area contributed by atoms with Crippen molar-refractivity contribution in [3.63, 3.8) is 0 Å². The molecule has 0 saturated heterocycles. The van der Waals surface area contributed by atoms with Crippen LogP contribution in [0, 0.1) is 17.3 Å². The van der Waals surface area contributed by atoms with Crippen LogP contribution in [0.4, 0.5) is 0 Å². The predicted molar refractivity (Wildman–Crippen MR) is 76.6 cm³/mol. The highest BCUT2D eigenvalue weighted by molar-refractivity contribution is 4.85. The van der Waals surface area contributed by atoms with Gasteiger partial charge in [0.05, 0.1) is 0 Å². The molecule has 2 N–H and O–H groups in total. The zero-order chi connectivity index (χ0) is 12.8. The zero-order valence-corrected chi connectivity index (χ0v) is 12.1. The van der Waals surface area contributed by atoms with Gasteiger partial charge in [0.2, 0.25) is 0 Å². The van der Waals surface area contributed by atoms with Gasteiger partial charge in [0, 0.05) is 18.6 Å². The van der Waals surface area contributed by atoms with Crippen LogP contribution < -0.4 is 5.32 Å². The Labute approximate surface area is 113 Å². The second-order valence-electron chi connectivity index (χ2n) is 6.98. The van der Waals surface area contributed by atoms with E-state index in [4.69, 9.17) is 0 Å². The minimum atomic E-state index is 0.209. The van der Waals surface area contributed by atoms with Crippen molar-refractivity contribution in [2.45, 2.75) is 64.7 Å². The monoisotopic (exact) mass is 253 g/mol. The molecule has 0 amide bonds. The molecule has 0 aliphatic heterocycles.